The van der Waals surface area contributed by atoms with Crippen molar-refractivity contribution < 1.29 is 19.1 Å². The normalized spacial score (nSPS) is 16.1. The molecule has 2 heterocycles. The number of nitrogens with one attached hydrogen (secondary N) is 2. The molecule has 9 nitrogen and oxygen atoms in total. The summed E-state index contributed by atoms with van der Waals surface area (Å²) in [4.78, 5) is 43.8. The van der Waals surface area contributed by atoms with E-state index in [1.165, 1.54) is 0 Å². The minimum Gasteiger partial charge on any atom is -0.378 e. The van der Waals surface area contributed by atoms with E-state index in [0.717, 1.165) is 16.9 Å². The number of rotatable bonds is 5. The fourth-order valence-electron chi connectivity index (χ4n) is 4.24. The zero-order valence-corrected chi connectivity index (χ0v) is 20.4. The number of urea groups is 1. The number of morpholine rings is 1. The van der Waals surface area contributed by atoms with Gasteiger partial charge in [-0.1, -0.05) is 24.6 Å². The highest BCUT2D eigenvalue weighted by molar-refractivity contribution is 6.02. The van der Waals surface area contributed by atoms with Crippen LogP contribution in [0.25, 0.3) is 0 Å². The average molecular weight is 480 g/mol. The Bertz CT molecular complexity index is 1060. The highest BCUT2D eigenvalue weighted by Crippen LogP contribution is 2.28. The molecular formula is C26H33N5O4. The van der Waals surface area contributed by atoms with Crippen molar-refractivity contribution in [2.75, 3.05) is 68.0 Å². The van der Waals surface area contributed by atoms with Gasteiger partial charge in [0.15, 0.2) is 0 Å². The molecule has 9 heteroatoms. The SMILES string of the molecule is CCC(=O)Nc1ccc(N2CCN(C(=O)Nc3ccc(C)cc3)CC2)c(C(=O)N2CCOCC2)c1. The Morgan fingerprint density at radius 3 is 2.14 bits per heavy atom. The number of amides is 4. The van der Waals surface area contributed by atoms with Gasteiger partial charge in [-0.15, -0.1) is 0 Å². The Balaban J connectivity index is 1.47. The smallest absolute Gasteiger partial charge is 0.321 e. The van der Waals surface area contributed by atoms with Crippen LogP contribution in [0.2, 0.25) is 0 Å². The number of carbonyl (C=O) groups excluding carboxylic acids is 3. The maximum atomic E-state index is 13.4. The van der Waals surface area contributed by atoms with Gasteiger partial charge in [-0.3, -0.25) is 9.59 Å². The lowest BCUT2D eigenvalue weighted by Gasteiger charge is -2.37. The van der Waals surface area contributed by atoms with Crippen LogP contribution >= 0.6 is 0 Å². The number of aryl methyl sites for hydroxylation is 1. The summed E-state index contributed by atoms with van der Waals surface area (Å²) in [5.74, 6) is -0.175. The Morgan fingerprint density at radius 2 is 1.49 bits per heavy atom. The number of nitrogens with zero attached hydrogens (tertiary/aromatic N) is 3. The van der Waals surface area contributed by atoms with E-state index in [1.54, 1.807) is 22.8 Å². The molecular weight excluding hydrogens is 446 g/mol. The van der Waals surface area contributed by atoms with Gasteiger partial charge in [-0.2, -0.15) is 0 Å². The van der Waals surface area contributed by atoms with E-state index in [4.69, 9.17) is 4.74 Å². The third-order valence-corrected chi connectivity index (χ3v) is 6.34. The Kier molecular flexibility index (Phi) is 7.87. The van der Waals surface area contributed by atoms with E-state index in [0.29, 0.717) is 70.2 Å². The Labute approximate surface area is 206 Å². The molecule has 4 amide bonds. The van der Waals surface area contributed by atoms with E-state index in [9.17, 15) is 14.4 Å². The molecule has 0 saturated carbocycles. The second kappa shape index (κ2) is 11.2. The number of benzene rings is 2. The monoisotopic (exact) mass is 479 g/mol. The first kappa shape index (κ1) is 24.5. The van der Waals surface area contributed by atoms with Crippen LogP contribution in [-0.2, 0) is 9.53 Å². The van der Waals surface area contributed by atoms with Crippen LogP contribution in [0.5, 0.6) is 0 Å². The van der Waals surface area contributed by atoms with Crippen LogP contribution < -0.4 is 15.5 Å². The van der Waals surface area contributed by atoms with E-state index in [2.05, 4.69) is 15.5 Å². The second-order valence-electron chi connectivity index (χ2n) is 8.81. The quantitative estimate of drug-likeness (QED) is 0.687. The second-order valence-corrected chi connectivity index (χ2v) is 8.81. The standard InChI is InChI=1S/C26H33N5O4/c1-3-24(32)27-21-8-9-23(22(18-21)25(33)30-14-16-35-17-15-30)29-10-12-31(13-11-29)26(34)28-20-6-4-19(2)5-7-20/h4-9,18H,3,10-17H2,1-2H3,(H,27,32)(H,28,34). The predicted octanol–water partition coefficient (Wildman–Crippen LogP) is 3.17. The first-order valence-electron chi connectivity index (χ1n) is 12.1. The third-order valence-electron chi connectivity index (χ3n) is 6.34. The lowest BCUT2D eigenvalue weighted by atomic mass is 10.1. The fourth-order valence-corrected chi connectivity index (χ4v) is 4.24. The molecule has 0 unspecified atom stereocenters. The van der Waals surface area contributed by atoms with Gasteiger partial charge >= 0.3 is 6.03 Å². The molecule has 2 aromatic rings. The van der Waals surface area contributed by atoms with Gasteiger partial charge in [0, 0.05) is 62.8 Å². The molecule has 2 aromatic carbocycles. The van der Waals surface area contributed by atoms with Gasteiger partial charge in [0.25, 0.3) is 5.91 Å². The van der Waals surface area contributed by atoms with Crippen molar-refractivity contribution in [2.24, 2.45) is 0 Å². The summed E-state index contributed by atoms with van der Waals surface area (Å²) in [6.07, 6.45) is 0.362. The molecule has 0 bridgehead atoms. The summed E-state index contributed by atoms with van der Waals surface area (Å²) < 4.78 is 5.40. The molecule has 0 radical (unpaired) electrons. The van der Waals surface area contributed by atoms with Crippen molar-refractivity contribution in [1.29, 1.82) is 0 Å². The van der Waals surface area contributed by atoms with Crippen LogP contribution in [0.1, 0.15) is 29.3 Å². The molecule has 0 spiro atoms. The summed E-state index contributed by atoms with van der Waals surface area (Å²) in [5.41, 5.74) is 3.88. The first-order valence-corrected chi connectivity index (χ1v) is 12.1. The number of piperazine rings is 1. The van der Waals surface area contributed by atoms with E-state index in [1.807, 2.05) is 43.3 Å². The first-order chi connectivity index (χ1) is 16.9. The van der Waals surface area contributed by atoms with Crippen LogP contribution in [0.15, 0.2) is 42.5 Å². The van der Waals surface area contributed by atoms with Crippen LogP contribution in [0.4, 0.5) is 21.9 Å². The topological polar surface area (TPSA) is 94.2 Å². The largest absolute Gasteiger partial charge is 0.378 e. The van der Waals surface area contributed by atoms with Crippen molar-refractivity contribution in [2.45, 2.75) is 20.3 Å². The molecule has 4 rings (SSSR count). The number of ether oxygens (including phenoxy) is 1. The molecule has 186 valence electrons. The zero-order valence-electron chi connectivity index (χ0n) is 20.4. The fraction of sp³-hybridized carbons (Fsp3) is 0.423. The van der Waals surface area contributed by atoms with Crippen LogP contribution in [0.3, 0.4) is 0 Å². The Morgan fingerprint density at radius 1 is 0.829 bits per heavy atom. The Hall–Kier alpha value is -3.59. The molecule has 2 aliphatic heterocycles. The number of hydrogen-bond donors (Lipinski definition) is 2. The molecule has 2 aliphatic rings. The third kappa shape index (κ3) is 6.10. The minimum atomic E-state index is -0.129. The van der Waals surface area contributed by atoms with Crippen molar-refractivity contribution >= 4 is 34.9 Å². The summed E-state index contributed by atoms with van der Waals surface area (Å²) in [6, 6.07) is 13.1. The number of carbonyl (C=O) groups is 3. The molecule has 0 aromatic heterocycles. The molecule has 0 aliphatic carbocycles. The van der Waals surface area contributed by atoms with Crippen LogP contribution in [0, 0.1) is 6.92 Å². The molecule has 2 saturated heterocycles. The maximum Gasteiger partial charge on any atom is 0.321 e. The van der Waals surface area contributed by atoms with Gasteiger partial charge < -0.3 is 30.1 Å². The summed E-state index contributed by atoms with van der Waals surface area (Å²) in [7, 11) is 0. The lowest BCUT2D eigenvalue weighted by molar-refractivity contribution is -0.115. The molecule has 35 heavy (non-hydrogen) atoms. The lowest BCUT2D eigenvalue weighted by Crippen LogP contribution is -2.50. The predicted molar refractivity (Wildman–Crippen MR) is 136 cm³/mol. The molecule has 0 atom stereocenters. The molecule has 2 fully saturated rings. The van der Waals surface area contributed by atoms with Crippen molar-refractivity contribution in [1.82, 2.24) is 9.80 Å². The number of hydrogen-bond acceptors (Lipinski definition) is 5. The van der Waals surface area contributed by atoms with Crippen molar-refractivity contribution in [3.05, 3.63) is 53.6 Å². The van der Waals surface area contributed by atoms with Gasteiger partial charge in [0.05, 0.1) is 18.8 Å². The van der Waals surface area contributed by atoms with E-state index in [-0.39, 0.29) is 17.8 Å². The maximum absolute atomic E-state index is 13.4. The average Bonchev–Trinajstić information content (AvgIpc) is 2.90. The number of anilines is 3. The highest BCUT2D eigenvalue weighted by atomic mass is 16.5. The van der Waals surface area contributed by atoms with E-state index >= 15 is 0 Å². The van der Waals surface area contributed by atoms with Gasteiger partial charge in [0.2, 0.25) is 5.91 Å². The highest BCUT2D eigenvalue weighted by Gasteiger charge is 2.27. The van der Waals surface area contributed by atoms with Gasteiger partial charge in [0.1, 0.15) is 0 Å². The van der Waals surface area contributed by atoms with Crippen molar-refractivity contribution in [3.63, 3.8) is 0 Å². The minimum absolute atomic E-state index is 0.0737. The van der Waals surface area contributed by atoms with Crippen molar-refractivity contribution in [3.8, 4) is 0 Å². The summed E-state index contributed by atoms with van der Waals surface area (Å²) in [6.45, 7) is 8.19. The zero-order chi connectivity index (χ0) is 24.8. The van der Waals surface area contributed by atoms with Gasteiger partial charge in [-0.05, 0) is 37.3 Å². The summed E-state index contributed by atoms with van der Waals surface area (Å²) in [5, 5.41) is 5.81. The summed E-state index contributed by atoms with van der Waals surface area (Å²) >= 11 is 0. The van der Waals surface area contributed by atoms with Gasteiger partial charge in [-0.25, -0.2) is 4.79 Å². The van der Waals surface area contributed by atoms with Crippen LogP contribution in [-0.4, -0.2) is 80.1 Å². The van der Waals surface area contributed by atoms with E-state index < -0.39 is 0 Å². The molecule has 2 N–H and O–H groups in total.